The molecule has 1 aromatic carbocycles. The molecule has 3 nitrogen and oxygen atoms in total. The van der Waals surface area contributed by atoms with Crippen LogP contribution in [0.3, 0.4) is 0 Å². The third kappa shape index (κ3) is 2.64. The Hall–Kier alpha value is -1.42. The average Bonchev–Trinajstić information content (AvgIpc) is 2.76. The van der Waals surface area contributed by atoms with Crippen molar-refractivity contribution in [2.24, 2.45) is 7.05 Å². The van der Waals surface area contributed by atoms with Gasteiger partial charge in [0, 0.05) is 30.0 Å². The number of rotatable bonds is 4. The van der Waals surface area contributed by atoms with Crippen LogP contribution in [0.15, 0.2) is 41.6 Å². The highest BCUT2D eigenvalue weighted by Gasteiger charge is 2.11. The van der Waals surface area contributed by atoms with Gasteiger partial charge < -0.3 is 9.88 Å². The van der Waals surface area contributed by atoms with E-state index in [1.807, 2.05) is 30.1 Å². The van der Waals surface area contributed by atoms with E-state index in [-0.39, 0.29) is 6.04 Å². The molecule has 1 heterocycles. The van der Waals surface area contributed by atoms with Gasteiger partial charge >= 0.3 is 0 Å². The summed E-state index contributed by atoms with van der Waals surface area (Å²) in [6.45, 7) is 2.12. The highest BCUT2D eigenvalue weighted by atomic mass is 32.2. The lowest BCUT2D eigenvalue weighted by molar-refractivity contribution is 0.720. The van der Waals surface area contributed by atoms with Gasteiger partial charge in [-0.1, -0.05) is 12.1 Å². The number of benzene rings is 1. The summed E-state index contributed by atoms with van der Waals surface area (Å²) in [6, 6.07) is 8.53. The van der Waals surface area contributed by atoms with E-state index >= 15 is 0 Å². The summed E-state index contributed by atoms with van der Waals surface area (Å²) in [5.74, 6) is 1.04. The largest absolute Gasteiger partial charge is 0.374 e. The van der Waals surface area contributed by atoms with E-state index in [0.717, 1.165) is 11.5 Å². The first-order valence-corrected chi connectivity index (χ1v) is 6.81. The first-order valence-electron chi connectivity index (χ1n) is 5.59. The van der Waals surface area contributed by atoms with Crippen molar-refractivity contribution in [2.75, 3.05) is 11.6 Å². The minimum Gasteiger partial charge on any atom is -0.374 e. The van der Waals surface area contributed by atoms with Crippen LogP contribution in [0.2, 0.25) is 0 Å². The lowest BCUT2D eigenvalue weighted by Gasteiger charge is -2.17. The molecule has 0 radical (unpaired) electrons. The quantitative estimate of drug-likeness (QED) is 0.841. The zero-order chi connectivity index (χ0) is 12.3. The number of para-hydroxylation sites is 1. The monoisotopic (exact) mass is 247 g/mol. The van der Waals surface area contributed by atoms with Crippen LogP contribution >= 0.6 is 11.8 Å². The number of nitrogens with one attached hydrogen (secondary N) is 1. The number of hydrogen-bond donors (Lipinski definition) is 1. The van der Waals surface area contributed by atoms with Crippen LogP contribution in [-0.2, 0) is 7.05 Å². The summed E-state index contributed by atoms with van der Waals surface area (Å²) in [6.07, 6.45) is 5.88. The van der Waals surface area contributed by atoms with Crippen LogP contribution in [0.4, 0.5) is 5.69 Å². The zero-order valence-electron chi connectivity index (χ0n) is 10.3. The molecule has 0 aliphatic heterocycles. The van der Waals surface area contributed by atoms with E-state index < -0.39 is 0 Å². The lowest BCUT2D eigenvalue weighted by atomic mass is 10.2. The minimum atomic E-state index is 0.197. The Balaban J connectivity index is 2.18. The van der Waals surface area contributed by atoms with E-state index in [1.165, 1.54) is 4.90 Å². The summed E-state index contributed by atoms with van der Waals surface area (Å²) in [5.41, 5.74) is 1.16. The normalized spacial score (nSPS) is 12.4. The molecule has 2 rings (SSSR count). The van der Waals surface area contributed by atoms with Crippen molar-refractivity contribution in [1.29, 1.82) is 0 Å². The number of anilines is 1. The molecule has 0 amide bonds. The van der Waals surface area contributed by atoms with Crippen LogP contribution in [0.25, 0.3) is 0 Å². The van der Waals surface area contributed by atoms with Crippen molar-refractivity contribution in [3.05, 3.63) is 42.5 Å². The maximum atomic E-state index is 4.36. The third-order valence-electron chi connectivity index (χ3n) is 2.72. The third-order valence-corrected chi connectivity index (χ3v) is 3.52. The number of aromatic nitrogens is 2. The van der Waals surface area contributed by atoms with Gasteiger partial charge in [0.15, 0.2) is 0 Å². The lowest BCUT2D eigenvalue weighted by Crippen LogP contribution is -2.12. The fraction of sp³-hybridized carbons (Fsp3) is 0.308. The van der Waals surface area contributed by atoms with Crippen molar-refractivity contribution in [1.82, 2.24) is 9.55 Å². The van der Waals surface area contributed by atoms with Crippen LogP contribution in [-0.4, -0.2) is 15.8 Å². The van der Waals surface area contributed by atoms with E-state index in [1.54, 1.807) is 11.8 Å². The molecule has 0 aliphatic carbocycles. The van der Waals surface area contributed by atoms with Crippen molar-refractivity contribution >= 4 is 17.4 Å². The molecular weight excluding hydrogens is 230 g/mol. The number of imidazole rings is 1. The van der Waals surface area contributed by atoms with Crippen LogP contribution in [0, 0.1) is 0 Å². The van der Waals surface area contributed by atoms with Crippen LogP contribution in [0.1, 0.15) is 18.8 Å². The van der Waals surface area contributed by atoms with Crippen molar-refractivity contribution in [3.63, 3.8) is 0 Å². The number of aryl methyl sites for hydroxylation is 1. The van der Waals surface area contributed by atoms with Crippen LogP contribution in [0.5, 0.6) is 0 Å². The molecule has 17 heavy (non-hydrogen) atoms. The molecule has 0 aliphatic rings. The second-order valence-electron chi connectivity index (χ2n) is 3.96. The number of nitrogens with zero attached hydrogens (tertiary/aromatic N) is 2. The van der Waals surface area contributed by atoms with E-state index in [0.29, 0.717) is 0 Å². The zero-order valence-corrected chi connectivity index (χ0v) is 11.2. The smallest absolute Gasteiger partial charge is 0.130 e. The Bertz CT molecular complexity index is 493. The molecule has 1 N–H and O–H groups in total. The molecular formula is C13H17N3S. The van der Waals surface area contributed by atoms with Gasteiger partial charge in [-0.05, 0) is 25.3 Å². The molecule has 0 spiro atoms. The standard InChI is InChI=1S/C13H17N3S/c1-10(13-14-8-9-16(13)2)15-11-6-4-5-7-12(11)17-3/h4-10,15H,1-3H3. The Labute approximate surface area is 106 Å². The highest BCUT2D eigenvalue weighted by Crippen LogP contribution is 2.27. The molecule has 0 saturated heterocycles. The molecule has 1 unspecified atom stereocenters. The second kappa shape index (κ2) is 5.27. The van der Waals surface area contributed by atoms with Crippen molar-refractivity contribution < 1.29 is 0 Å². The predicted molar refractivity (Wildman–Crippen MR) is 73.5 cm³/mol. The topological polar surface area (TPSA) is 29.9 Å². The van der Waals surface area contributed by atoms with Crippen molar-refractivity contribution in [2.45, 2.75) is 17.9 Å². The molecule has 90 valence electrons. The first kappa shape index (κ1) is 12.0. The molecule has 0 saturated carbocycles. The average molecular weight is 247 g/mol. The van der Waals surface area contributed by atoms with E-state index in [9.17, 15) is 0 Å². The summed E-state index contributed by atoms with van der Waals surface area (Å²) in [4.78, 5) is 5.62. The summed E-state index contributed by atoms with van der Waals surface area (Å²) in [5, 5.41) is 3.50. The highest BCUT2D eigenvalue weighted by molar-refractivity contribution is 7.98. The molecule has 0 fully saturated rings. The fourth-order valence-corrected chi connectivity index (χ4v) is 2.42. The summed E-state index contributed by atoms with van der Waals surface area (Å²) < 4.78 is 2.04. The number of hydrogen-bond acceptors (Lipinski definition) is 3. The van der Waals surface area contributed by atoms with Gasteiger partial charge in [0.2, 0.25) is 0 Å². The predicted octanol–water partition coefficient (Wildman–Crippen LogP) is 3.32. The Morgan fingerprint density at radius 2 is 2.12 bits per heavy atom. The van der Waals surface area contributed by atoms with Gasteiger partial charge in [0.1, 0.15) is 5.82 Å². The Kier molecular flexibility index (Phi) is 3.74. The summed E-state index contributed by atoms with van der Waals surface area (Å²) in [7, 11) is 2.01. The van der Waals surface area contributed by atoms with Gasteiger partial charge in [-0.15, -0.1) is 11.8 Å². The van der Waals surface area contributed by atoms with E-state index in [4.69, 9.17) is 0 Å². The maximum absolute atomic E-state index is 4.36. The minimum absolute atomic E-state index is 0.197. The van der Waals surface area contributed by atoms with Gasteiger partial charge in [0.05, 0.1) is 6.04 Å². The molecule has 4 heteroatoms. The Morgan fingerprint density at radius 1 is 1.35 bits per heavy atom. The van der Waals surface area contributed by atoms with Gasteiger partial charge in [-0.25, -0.2) is 4.98 Å². The second-order valence-corrected chi connectivity index (χ2v) is 4.81. The number of thioether (sulfide) groups is 1. The van der Waals surface area contributed by atoms with Crippen LogP contribution < -0.4 is 5.32 Å². The maximum Gasteiger partial charge on any atom is 0.130 e. The molecule has 1 atom stereocenters. The fourth-order valence-electron chi connectivity index (χ4n) is 1.86. The van der Waals surface area contributed by atoms with E-state index in [2.05, 4.69) is 41.7 Å². The first-order chi connectivity index (χ1) is 8.22. The van der Waals surface area contributed by atoms with Gasteiger partial charge in [0.25, 0.3) is 0 Å². The Morgan fingerprint density at radius 3 is 2.76 bits per heavy atom. The molecule has 2 aromatic rings. The molecule has 1 aromatic heterocycles. The molecule has 0 bridgehead atoms. The SMILES string of the molecule is CSc1ccccc1NC(C)c1nccn1C. The summed E-state index contributed by atoms with van der Waals surface area (Å²) >= 11 is 1.75. The van der Waals surface area contributed by atoms with Gasteiger partial charge in [-0.3, -0.25) is 0 Å². The van der Waals surface area contributed by atoms with Gasteiger partial charge in [-0.2, -0.15) is 0 Å². The van der Waals surface area contributed by atoms with Crippen molar-refractivity contribution in [3.8, 4) is 0 Å².